The minimum absolute atomic E-state index is 0.426. The number of hydrogen-bond acceptors (Lipinski definition) is 4. The van der Waals surface area contributed by atoms with Gasteiger partial charge in [0.2, 0.25) is 0 Å². The molecule has 1 aliphatic carbocycles. The van der Waals surface area contributed by atoms with Crippen LogP contribution in [-0.4, -0.2) is 63.0 Å². The molecule has 4 heteroatoms. The molecule has 1 unspecified atom stereocenters. The normalized spacial score (nSPS) is 30.4. The van der Waals surface area contributed by atoms with Crippen LogP contribution in [0.2, 0.25) is 0 Å². The molecule has 0 spiro atoms. The van der Waals surface area contributed by atoms with Crippen LogP contribution in [0.5, 0.6) is 0 Å². The maximum Gasteiger partial charge on any atom is 0.0702 e. The van der Waals surface area contributed by atoms with Crippen LogP contribution >= 0.6 is 0 Å². The first-order valence-electron chi connectivity index (χ1n) is 8.95. The Labute approximate surface area is 129 Å². The highest BCUT2D eigenvalue weighted by Crippen LogP contribution is 2.33. The SMILES string of the molecule is CCOC1CCCN(CC2(CNC3CC3)CCOCC2)C1. The van der Waals surface area contributed by atoms with Crippen molar-refractivity contribution in [2.24, 2.45) is 5.41 Å². The van der Waals surface area contributed by atoms with Crippen LogP contribution in [0.4, 0.5) is 0 Å². The topological polar surface area (TPSA) is 33.7 Å². The highest BCUT2D eigenvalue weighted by atomic mass is 16.5. The van der Waals surface area contributed by atoms with Crippen molar-refractivity contribution in [1.82, 2.24) is 10.2 Å². The molecule has 2 aliphatic heterocycles. The van der Waals surface area contributed by atoms with E-state index in [9.17, 15) is 0 Å². The van der Waals surface area contributed by atoms with Crippen molar-refractivity contribution < 1.29 is 9.47 Å². The summed E-state index contributed by atoms with van der Waals surface area (Å²) in [5, 5.41) is 3.78. The Kier molecular flexibility index (Phi) is 5.54. The molecule has 0 aromatic rings. The van der Waals surface area contributed by atoms with Gasteiger partial charge in [0.25, 0.3) is 0 Å². The Morgan fingerprint density at radius 1 is 1.24 bits per heavy atom. The van der Waals surface area contributed by atoms with Gasteiger partial charge in [-0.2, -0.15) is 0 Å². The first-order valence-corrected chi connectivity index (χ1v) is 8.95. The molecule has 21 heavy (non-hydrogen) atoms. The van der Waals surface area contributed by atoms with Gasteiger partial charge in [-0.1, -0.05) is 0 Å². The van der Waals surface area contributed by atoms with Gasteiger partial charge in [-0.15, -0.1) is 0 Å². The Morgan fingerprint density at radius 2 is 2.05 bits per heavy atom. The summed E-state index contributed by atoms with van der Waals surface area (Å²) in [5.74, 6) is 0. The summed E-state index contributed by atoms with van der Waals surface area (Å²) in [4.78, 5) is 2.66. The lowest BCUT2D eigenvalue weighted by Gasteiger charge is -2.43. The van der Waals surface area contributed by atoms with Crippen molar-refractivity contribution >= 4 is 0 Å². The second-order valence-electron chi connectivity index (χ2n) is 7.22. The second kappa shape index (κ2) is 7.40. The number of piperidine rings is 1. The Hall–Kier alpha value is -0.160. The molecule has 0 amide bonds. The summed E-state index contributed by atoms with van der Waals surface area (Å²) in [7, 11) is 0. The van der Waals surface area contributed by atoms with Crippen molar-refractivity contribution in [1.29, 1.82) is 0 Å². The third-order valence-corrected chi connectivity index (χ3v) is 5.32. The molecule has 0 bridgehead atoms. The van der Waals surface area contributed by atoms with Crippen LogP contribution < -0.4 is 5.32 Å². The largest absolute Gasteiger partial charge is 0.381 e. The lowest BCUT2D eigenvalue weighted by Crippen LogP contribution is -2.51. The molecule has 4 nitrogen and oxygen atoms in total. The van der Waals surface area contributed by atoms with Crippen LogP contribution in [-0.2, 0) is 9.47 Å². The predicted octanol–water partition coefficient (Wildman–Crippen LogP) is 2.04. The molecular formula is C17H32N2O2. The fourth-order valence-corrected chi connectivity index (χ4v) is 3.85. The van der Waals surface area contributed by atoms with Crippen molar-refractivity contribution in [2.45, 2.75) is 57.6 Å². The van der Waals surface area contributed by atoms with E-state index in [0.717, 1.165) is 32.4 Å². The van der Waals surface area contributed by atoms with Gasteiger partial charge in [-0.3, -0.25) is 0 Å². The zero-order valence-electron chi connectivity index (χ0n) is 13.6. The number of ether oxygens (including phenoxy) is 2. The maximum absolute atomic E-state index is 5.86. The first-order chi connectivity index (χ1) is 10.3. The summed E-state index contributed by atoms with van der Waals surface area (Å²) >= 11 is 0. The van der Waals surface area contributed by atoms with Crippen LogP contribution in [0.25, 0.3) is 0 Å². The van der Waals surface area contributed by atoms with Gasteiger partial charge < -0.3 is 19.7 Å². The van der Waals surface area contributed by atoms with Crippen molar-refractivity contribution in [2.75, 3.05) is 46.0 Å². The summed E-state index contributed by atoms with van der Waals surface area (Å²) in [6, 6.07) is 0.808. The highest BCUT2D eigenvalue weighted by molar-refractivity contribution is 4.92. The van der Waals surface area contributed by atoms with E-state index in [0.29, 0.717) is 11.5 Å². The summed E-state index contributed by atoms with van der Waals surface area (Å²) in [5.41, 5.74) is 0.426. The third-order valence-electron chi connectivity index (χ3n) is 5.32. The number of nitrogens with one attached hydrogen (secondary N) is 1. The zero-order chi connectivity index (χ0) is 14.5. The lowest BCUT2D eigenvalue weighted by atomic mass is 9.79. The number of hydrogen-bond donors (Lipinski definition) is 1. The Balaban J connectivity index is 1.54. The number of rotatable bonds is 7. The van der Waals surface area contributed by atoms with E-state index in [1.807, 2.05) is 0 Å². The van der Waals surface area contributed by atoms with Crippen LogP contribution in [0.1, 0.15) is 45.4 Å². The quantitative estimate of drug-likeness (QED) is 0.779. The molecule has 122 valence electrons. The van der Waals surface area contributed by atoms with Gasteiger partial charge in [-0.05, 0) is 57.4 Å². The van der Waals surface area contributed by atoms with Crippen molar-refractivity contribution in [3.63, 3.8) is 0 Å². The van der Waals surface area contributed by atoms with Gasteiger partial charge in [0.05, 0.1) is 6.10 Å². The van der Waals surface area contributed by atoms with E-state index < -0.39 is 0 Å². The van der Waals surface area contributed by atoms with E-state index in [2.05, 4.69) is 17.1 Å². The van der Waals surface area contributed by atoms with Gasteiger partial charge in [0.15, 0.2) is 0 Å². The van der Waals surface area contributed by atoms with E-state index in [1.54, 1.807) is 0 Å². The zero-order valence-corrected chi connectivity index (χ0v) is 13.6. The van der Waals surface area contributed by atoms with Gasteiger partial charge in [0.1, 0.15) is 0 Å². The van der Waals surface area contributed by atoms with Crippen molar-refractivity contribution in [3.8, 4) is 0 Å². The number of nitrogens with zero attached hydrogens (tertiary/aromatic N) is 1. The predicted molar refractivity (Wildman–Crippen MR) is 84.6 cm³/mol. The molecule has 2 heterocycles. The van der Waals surface area contributed by atoms with E-state index in [1.165, 1.54) is 58.2 Å². The molecule has 3 fully saturated rings. The Bertz CT molecular complexity index is 312. The first kappa shape index (κ1) is 15.7. The van der Waals surface area contributed by atoms with Crippen LogP contribution in [0.3, 0.4) is 0 Å². The van der Waals surface area contributed by atoms with E-state index in [4.69, 9.17) is 9.47 Å². The smallest absolute Gasteiger partial charge is 0.0702 e. The van der Waals surface area contributed by atoms with E-state index >= 15 is 0 Å². The highest BCUT2D eigenvalue weighted by Gasteiger charge is 2.37. The second-order valence-corrected chi connectivity index (χ2v) is 7.22. The van der Waals surface area contributed by atoms with Gasteiger partial charge >= 0.3 is 0 Å². The molecule has 0 aromatic heterocycles. The van der Waals surface area contributed by atoms with E-state index in [-0.39, 0.29) is 0 Å². The van der Waals surface area contributed by atoms with Gasteiger partial charge in [-0.25, -0.2) is 0 Å². The average molecular weight is 296 g/mol. The minimum Gasteiger partial charge on any atom is -0.381 e. The molecule has 1 N–H and O–H groups in total. The molecule has 0 aromatic carbocycles. The monoisotopic (exact) mass is 296 g/mol. The lowest BCUT2D eigenvalue weighted by molar-refractivity contribution is -0.0351. The molecule has 2 saturated heterocycles. The van der Waals surface area contributed by atoms with Crippen molar-refractivity contribution in [3.05, 3.63) is 0 Å². The van der Waals surface area contributed by atoms with Gasteiger partial charge in [0, 0.05) is 45.5 Å². The summed E-state index contributed by atoms with van der Waals surface area (Å²) < 4.78 is 11.5. The summed E-state index contributed by atoms with van der Waals surface area (Å²) in [6.45, 7) is 9.61. The fraction of sp³-hybridized carbons (Fsp3) is 1.00. The molecule has 0 radical (unpaired) electrons. The fourth-order valence-electron chi connectivity index (χ4n) is 3.85. The molecule has 1 saturated carbocycles. The Morgan fingerprint density at radius 3 is 2.76 bits per heavy atom. The molecule has 3 rings (SSSR count). The third kappa shape index (κ3) is 4.65. The maximum atomic E-state index is 5.86. The molecular weight excluding hydrogens is 264 g/mol. The molecule has 1 atom stereocenters. The number of likely N-dealkylation sites (tertiary alicyclic amines) is 1. The minimum atomic E-state index is 0.426. The average Bonchev–Trinajstić information content (AvgIpc) is 3.31. The molecule has 3 aliphatic rings. The van der Waals surface area contributed by atoms with Crippen LogP contribution in [0, 0.1) is 5.41 Å². The standard InChI is InChI=1S/C17H32N2O2/c1-2-21-16-4-3-9-19(12-16)14-17(7-10-20-11-8-17)13-18-15-5-6-15/h15-16,18H,2-14H2,1H3. The van der Waals surface area contributed by atoms with Crippen LogP contribution in [0.15, 0.2) is 0 Å². The summed E-state index contributed by atoms with van der Waals surface area (Å²) in [6.07, 6.45) is 8.15.